The van der Waals surface area contributed by atoms with Crippen LogP contribution in [-0.2, 0) is 31.0 Å². The Morgan fingerprint density at radius 3 is 1.66 bits per heavy atom. The maximum absolute atomic E-state index is 15.2. The minimum atomic E-state index is -1.97. The average molecular weight is 799 g/mol. The monoisotopic (exact) mass is 799 g/mol. The number of ether oxygens (including phenoxy) is 2. The van der Waals surface area contributed by atoms with Crippen molar-refractivity contribution in [2.24, 2.45) is 10.8 Å². The van der Waals surface area contributed by atoms with Crippen molar-refractivity contribution in [3.8, 4) is 5.75 Å². The molecule has 2 saturated heterocycles. The number of benzene rings is 2. The highest BCUT2D eigenvalue weighted by atomic mass is 16.5. The molecule has 2 fully saturated rings. The first-order chi connectivity index (χ1) is 26.2. The van der Waals surface area contributed by atoms with Crippen LogP contribution >= 0.6 is 0 Å². The Morgan fingerprint density at radius 2 is 1.17 bits per heavy atom. The van der Waals surface area contributed by atoms with Gasteiger partial charge in [-0.25, -0.2) is 0 Å². The van der Waals surface area contributed by atoms with E-state index in [2.05, 4.69) is 94.6 Å². The molecule has 8 nitrogen and oxygen atoms in total. The second-order valence-electron chi connectivity index (χ2n) is 21.8. The molecule has 58 heavy (non-hydrogen) atoms. The summed E-state index contributed by atoms with van der Waals surface area (Å²) in [5, 5.41) is 0. The number of rotatable bonds is 6. The molecule has 320 valence electrons. The molecule has 1 atom stereocenters. The highest BCUT2D eigenvalue weighted by Crippen LogP contribution is 2.58. The molecule has 3 heterocycles. The number of morpholine rings is 1. The van der Waals surface area contributed by atoms with E-state index >= 15 is 4.79 Å². The summed E-state index contributed by atoms with van der Waals surface area (Å²) in [7, 11) is 1.66. The largest absolute Gasteiger partial charge is 0.482 e. The van der Waals surface area contributed by atoms with E-state index in [9.17, 15) is 11.0 Å². The summed E-state index contributed by atoms with van der Waals surface area (Å²) in [6, 6.07) is -1.97. The molecule has 0 bridgehead atoms. The van der Waals surface area contributed by atoms with Gasteiger partial charge in [-0.1, -0.05) is 34.3 Å². The van der Waals surface area contributed by atoms with E-state index < -0.39 is 56.2 Å². The number of carbonyl (C=O) groups excluding carboxylic acids is 3. The predicted octanol–water partition coefficient (Wildman–Crippen LogP) is 10.7. The third kappa shape index (κ3) is 5.72. The van der Waals surface area contributed by atoms with Crippen LogP contribution in [0.1, 0.15) is 178 Å². The van der Waals surface area contributed by atoms with E-state index in [1.54, 1.807) is 7.05 Å². The van der Waals surface area contributed by atoms with E-state index in [1.165, 1.54) is 9.80 Å². The maximum atomic E-state index is 15.2. The lowest BCUT2D eigenvalue weighted by atomic mass is 9.58. The van der Waals surface area contributed by atoms with Crippen molar-refractivity contribution in [1.29, 1.82) is 0 Å². The van der Waals surface area contributed by atoms with E-state index in [0.29, 0.717) is 22.6 Å². The predicted molar refractivity (Wildman–Crippen MR) is 235 cm³/mol. The van der Waals surface area contributed by atoms with E-state index in [1.807, 2.05) is 76.2 Å². The quantitative estimate of drug-likeness (QED) is 0.291. The molecular formula is C50H75N3O5. The molecule has 0 N–H and O–H groups in total. The zero-order chi connectivity index (χ0) is 45.9. The summed E-state index contributed by atoms with van der Waals surface area (Å²) >= 11 is 0. The second-order valence-corrected chi connectivity index (χ2v) is 21.8. The van der Waals surface area contributed by atoms with Crippen LogP contribution in [0.25, 0.3) is 0 Å². The van der Waals surface area contributed by atoms with Gasteiger partial charge in [-0.05, 0) is 176 Å². The summed E-state index contributed by atoms with van der Waals surface area (Å²) in [6.45, 7) is 51.1. The number of fused-ring (bicyclic) bond motifs is 1. The molecule has 2 aromatic carbocycles. The fourth-order valence-electron chi connectivity index (χ4n) is 11.1. The van der Waals surface area contributed by atoms with Crippen molar-refractivity contribution in [1.82, 2.24) is 14.7 Å². The van der Waals surface area contributed by atoms with Crippen LogP contribution in [0, 0.1) is 59.3 Å². The molecule has 0 aromatic heterocycles. The number of likely N-dealkylation sites (tertiary alicyclic amines) is 1. The number of allylic oxidation sites excluding steroid dienone is 1. The van der Waals surface area contributed by atoms with Gasteiger partial charge in [-0.3, -0.25) is 14.4 Å². The van der Waals surface area contributed by atoms with Crippen LogP contribution < -0.4 is 4.74 Å². The van der Waals surface area contributed by atoms with Crippen LogP contribution in [0.15, 0.2) is 12.3 Å². The van der Waals surface area contributed by atoms with Gasteiger partial charge in [0.15, 0.2) is 0 Å². The molecule has 3 amide bonds. The third-order valence-electron chi connectivity index (χ3n) is 15.9. The van der Waals surface area contributed by atoms with Crippen LogP contribution in [0.3, 0.4) is 0 Å². The van der Waals surface area contributed by atoms with Gasteiger partial charge in [0.05, 0.1) is 29.2 Å². The van der Waals surface area contributed by atoms with Crippen molar-refractivity contribution >= 4 is 17.7 Å². The SMILES string of the molecule is [2H]C1(N2C(=O)c3c(C)c(C)c(C)c(OC(C)(C)c4c(C)c(C)c(C(C)(C)N5C(=O)C(C)(C)OC(C)(C)C5(C)C)c(C)c4C)c3C2(C)C)C(=O)N(C)C(=C)C(C)(C)C1(C)C. The first kappa shape index (κ1) is 43.9. The standard InChI is InChI=1S/C50H75N3O5/c1-26-27(2)34-37(45(13,14)52(40(34)54)39-41(55)51(25)33(8)43(9,10)44(39,11)12)38(32(26)7)57-47(17,18)36-30(5)28(3)35(29(4)31(36)6)46(15,16)53-42(56)48(19,20)58-50(23,24)49(53,21)22/h39H,8H2,1-7,9-25H3/i39D. The zero-order valence-electron chi connectivity index (χ0n) is 41.6. The van der Waals surface area contributed by atoms with E-state index in [-0.39, 0.29) is 11.8 Å². The van der Waals surface area contributed by atoms with Gasteiger partial charge in [-0.15, -0.1) is 0 Å². The van der Waals surface area contributed by atoms with Crippen molar-refractivity contribution < 1.29 is 25.2 Å². The van der Waals surface area contributed by atoms with Crippen LogP contribution in [0.2, 0.25) is 0 Å². The van der Waals surface area contributed by atoms with E-state index in [0.717, 1.165) is 50.1 Å². The van der Waals surface area contributed by atoms with Gasteiger partial charge in [0, 0.05) is 34.7 Å². The molecule has 0 spiro atoms. The Labute approximate surface area is 352 Å². The lowest BCUT2D eigenvalue weighted by Gasteiger charge is -2.62. The van der Waals surface area contributed by atoms with Crippen LogP contribution in [0.5, 0.6) is 5.75 Å². The fraction of sp³-hybridized carbons (Fsp3) is 0.660. The van der Waals surface area contributed by atoms with Crippen molar-refractivity contribution in [3.05, 3.63) is 73.5 Å². The lowest BCUT2D eigenvalue weighted by molar-refractivity contribution is -0.247. The minimum Gasteiger partial charge on any atom is -0.482 e. The van der Waals surface area contributed by atoms with Crippen LogP contribution in [0.4, 0.5) is 0 Å². The summed E-state index contributed by atoms with van der Waals surface area (Å²) < 4.78 is 24.1. The normalized spacial score (nSPS) is 25.0. The highest BCUT2D eigenvalue weighted by molar-refractivity contribution is 6.05. The maximum Gasteiger partial charge on any atom is 0.256 e. The minimum absolute atomic E-state index is 0.0492. The lowest BCUT2D eigenvalue weighted by Crippen LogP contribution is -2.75. The molecular weight excluding hydrogens is 723 g/mol. The molecule has 2 aromatic rings. The Balaban J connectivity index is 1.72. The molecule has 1 unspecified atom stereocenters. The topological polar surface area (TPSA) is 79.4 Å². The molecule has 8 heteroatoms. The van der Waals surface area contributed by atoms with Gasteiger partial charge < -0.3 is 24.2 Å². The highest BCUT2D eigenvalue weighted by Gasteiger charge is 2.63. The molecule has 0 radical (unpaired) electrons. The van der Waals surface area contributed by atoms with Crippen molar-refractivity contribution in [2.75, 3.05) is 7.05 Å². The second kappa shape index (κ2) is 12.9. The summed E-state index contributed by atoms with van der Waals surface area (Å²) in [4.78, 5) is 49.2. The molecule has 3 aliphatic heterocycles. The van der Waals surface area contributed by atoms with Crippen molar-refractivity contribution in [2.45, 2.75) is 199 Å². The smallest absolute Gasteiger partial charge is 0.256 e. The van der Waals surface area contributed by atoms with Gasteiger partial charge in [0.1, 0.15) is 23.0 Å². The molecule has 3 aliphatic rings. The summed E-state index contributed by atoms with van der Waals surface area (Å²) in [5.41, 5.74) is 4.17. The van der Waals surface area contributed by atoms with Crippen molar-refractivity contribution in [3.63, 3.8) is 0 Å². The van der Waals surface area contributed by atoms with Crippen LogP contribution in [-0.4, -0.2) is 62.2 Å². The number of piperidine rings is 1. The Bertz CT molecular complexity index is 2210. The molecule has 5 rings (SSSR count). The Kier molecular flexibility index (Phi) is 9.79. The summed E-state index contributed by atoms with van der Waals surface area (Å²) in [6.07, 6.45) is 0. The third-order valence-corrected chi connectivity index (χ3v) is 15.9. The number of hydrogen-bond donors (Lipinski definition) is 0. The Morgan fingerprint density at radius 1 is 0.707 bits per heavy atom. The zero-order valence-corrected chi connectivity index (χ0v) is 40.6. The first-order valence-electron chi connectivity index (χ1n) is 21.5. The fourth-order valence-corrected chi connectivity index (χ4v) is 11.1. The molecule has 0 aliphatic carbocycles. The Hall–Kier alpha value is -3.65. The van der Waals surface area contributed by atoms with Gasteiger partial charge in [-0.2, -0.15) is 0 Å². The summed E-state index contributed by atoms with van der Waals surface area (Å²) in [5.74, 6) is -0.283. The number of amides is 3. The number of likely N-dealkylation sites (N-methyl/N-ethyl adjacent to an activating group) is 1. The average Bonchev–Trinajstić information content (AvgIpc) is 3.29. The van der Waals surface area contributed by atoms with Gasteiger partial charge >= 0.3 is 0 Å². The first-order valence-corrected chi connectivity index (χ1v) is 21.0. The van der Waals surface area contributed by atoms with Gasteiger partial charge in [0.25, 0.3) is 11.8 Å². The van der Waals surface area contributed by atoms with Gasteiger partial charge in [0.2, 0.25) is 5.91 Å². The molecule has 0 saturated carbocycles. The number of nitrogens with zero attached hydrogens (tertiary/aromatic N) is 3. The van der Waals surface area contributed by atoms with E-state index in [4.69, 9.17) is 9.47 Å². The number of hydrogen-bond acceptors (Lipinski definition) is 5. The number of carbonyl (C=O) groups is 3.